The molecular formula is C18H24FN3O3. The molecule has 6 nitrogen and oxygen atoms in total. The highest BCUT2D eigenvalue weighted by Gasteiger charge is 2.24. The number of fused-ring (bicyclic) bond motifs is 1. The second-order valence-electron chi connectivity index (χ2n) is 6.49. The minimum Gasteiger partial charge on any atom is -0.481 e. The molecule has 1 saturated heterocycles. The molecule has 25 heavy (non-hydrogen) atoms. The number of pyridine rings is 2. The van der Waals surface area contributed by atoms with Gasteiger partial charge in [-0.1, -0.05) is 0 Å². The summed E-state index contributed by atoms with van der Waals surface area (Å²) in [6.07, 6.45) is 2.83. The average molecular weight is 349 g/mol. The lowest BCUT2D eigenvalue weighted by Crippen LogP contribution is -2.39. The van der Waals surface area contributed by atoms with E-state index in [4.69, 9.17) is 9.84 Å². The number of piperidine rings is 1. The summed E-state index contributed by atoms with van der Waals surface area (Å²) in [6, 6.07) is 3.50. The van der Waals surface area contributed by atoms with Crippen LogP contribution in [0.15, 0.2) is 18.3 Å². The van der Waals surface area contributed by atoms with E-state index in [0.29, 0.717) is 28.9 Å². The van der Waals surface area contributed by atoms with E-state index < -0.39 is 6.10 Å². The van der Waals surface area contributed by atoms with Gasteiger partial charge in [0, 0.05) is 18.2 Å². The summed E-state index contributed by atoms with van der Waals surface area (Å²) >= 11 is 0. The van der Waals surface area contributed by atoms with Gasteiger partial charge in [-0.2, -0.15) is 0 Å². The summed E-state index contributed by atoms with van der Waals surface area (Å²) in [5, 5.41) is 18.8. The Balaban J connectivity index is 1.68. The van der Waals surface area contributed by atoms with Crippen molar-refractivity contribution in [3.05, 3.63) is 29.7 Å². The molecule has 0 amide bonds. The molecule has 2 N–H and O–H groups in total. The molecule has 0 bridgehead atoms. The van der Waals surface area contributed by atoms with Crippen molar-refractivity contribution in [2.75, 3.05) is 33.4 Å². The monoisotopic (exact) mass is 349 g/mol. The number of aliphatic hydroxyl groups excluding tert-OH is 2. The molecule has 1 unspecified atom stereocenters. The molecule has 0 spiro atoms. The van der Waals surface area contributed by atoms with Crippen molar-refractivity contribution in [3.8, 4) is 5.88 Å². The normalized spacial score (nSPS) is 17.8. The van der Waals surface area contributed by atoms with Gasteiger partial charge in [0.2, 0.25) is 5.88 Å². The summed E-state index contributed by atoms with van der Waals surface area (Å²) in [7, 11) is 1.53. The summed E-state index contributed by atoms with van der Waals surface area (Å²) in [6.45, 7) is 2.20. The second kappa shape index (κ2) is 8.03. The molecule has 7 heteroatoms. The highest BCUT2D eigenvalue weighted by atomic mass is 19.1. The largest absolute Gasteiger partial charge is 0.481 e. The minimum absolute atomic E-state index is 0.144. The molecule has 3 rings (SSSR count). The summed E-state index contributed by atoms with van der Waals surface area (Å²) in [5.41, 5.74) is 1.76. The van der Waals surface area contributed by atoms with Crippen molar-refractivity contribution in [1.29, 1.82) is 0 Å². The molecule has 0 aromatic carbocycles. The van der Waals surface area contributed by atoms with Crippen LogP contribution in [0.25, 0.3) is 11.0 Å². The predicted octanol–water partition coefficient (Wildman–Crippen LogP) is 1.39. The van der Waals surface area contributed by atoms with Crippen LogP contribution in [0, 0.1) is 11.7 Å². The van der Waals surface area contributed by atoms with Gasteiger partial charge in [-0.25, -0.2) is 9.37 Å². The number of halogens is 1. The van der Waals surface area contributed by atoms with Gasteiger partial charge in [0.1, 0.15) is 5.82 Å². The van der Waals surface area contributed by atoms with Crippen LogP contribution in [-0.4, -0.2) is 64.5 Å². The summed E-state index contributed by atoms with van der Waals surface area (Å²) in [5.74, 6) is 0.240. The zero-order valence-corrected chi connectivity index (χ0v) is 14.4. The lowest BCUT2D eigenvalue weighted by Gasteiger charge is -2.33. The van der Waals surface area contributed by atoms with E-state index in [1.165, 1.54) is 13.3 Å². The van der Waals surface area contributed by atoms with Crippen LogP contribution < -0.4 is 4.74 Å². The topological polar surface area (TPSA) is 78.7 Å². The van der Waals surface area contributed by atoms with Gasteiger partial charge in [-0.3, -0.25) is 4.98 Å². The fraction of sp³-hybridized carbons (Fsp3) is 0.556. The number of ether oxygens (including phenoxy) is 1. The molecule has 2 aromatic rings. The molecule has 2 aromatic heterocycles. The third-order valence-corrected chi connectivity index (χ3v) is 4.99. The van der Waals surface area contributed by atoms with Crippen molar-refractivity contribution < 1.29 is 19.3 Å². The lowest BCUT2D eigenvalue weighted by atomic mass is 9.91. The molecule has 1 fully saturated rings. The van der Waals surface area contributed by atoms with E-state index in [-0.39, 0.29) is 18.3 Å². The predicted molar refractivity (Wildman–Crippen MR) is 92.0 cm³/mol. The van der Waals surface area contributed by atoms with Crippen LogP contribution in [0.3, 0.4) is 0 Å². The molecular weight excluding hydrogens is 325 g/mol. The van der Waals surface area contributed by atoms with E-state index in [1.54, 1.807) is 12.1 Å². The molecule has 0 saturated carbocycles. The second-order valence-corrected chi connectivity index (χ2v) is 6.49. The van der Waals surface area contributed by atoms with E-state index in [2.05, 4.69) is 14.9 Å². The van der Waals surface area contributed by atoms with Crippen molar-refractivity contribution in [2.45, 2.75) is 25.4 Å². The number of hydrogen-bond donors (Lipinski definition) is 2. The SMILES string of the molecule is COc1ccc2ncc(F)c(CCN3CCC(C(O)CO)CC3)c2n1. The zero-order valence-electron chi connectivity index (χ0n) is 14.4. The minimum atomic E-state index is -0.639. The molecule has 0 radical (unpaired) electrons. The Morgan fingerprint density at radius 2 is 2.12 bits per heavy atom. The van der Waals surface area contributed by atoms with Crippen molar-refractivity contribution in [1.82, 2.24) is 14.9 Å². The maximum Gasteiger partial charge on any atom is 0.213 e. The smallest absolute Gasteiger partial charge is 0.213 e. The Morgan fingerprint density at radius 1 is 1.36 bits per heavy atom. The van der Waals surface area contributed by atoms with E-state index in [9.17, 15) is 9.50 Å². The Morgan fingerprint density at radius 3 is 2.80 bits per heavy atom. The van der Waals surface area contributed by atoms with Crippen LogP contribution in [0.5, 0.6) is 5.88 Å². The standard InChI is InChI=1S/C18H24FN3O3/c1-25-17-3-2-15-18(21-17)13(14(19)10-20-15)6-9-22-7-4-12(5-8-22)16(24)11-23/h2-3,10,12,16,23-24H,4-9,11H2,1H3. The van der Waals surface area contributed by atoms with Crippen LogP contribution in [0.1, 0.15) is 18.4 Å². The molecule has 1 aliphatic rings. The molecule has 1 aliphatic heterocycles. The van der Waals surface area contributed by atoms with Crippen molar-refractivity contribution in [3.63, 3.8) is 0 Å². The van der Waals surface area contributed by atoms with E-state index in [0.717, 1.165) is 32.5 Å². The number of nitrogens with zero attached hydrogens (tertiary/aromatic N) is 3. The van der Waals surface area contributed by atoms with Gasteiger partial charge in [0.15, 0.2) is 0 Å². The highest BCUT2D eigenvalue weighted by molar-refractivity contribution is 5.78. The number of likely N-dealkylation sites (tertiary alicyclic amines) is 1. The van der Waals surface area contributed by atoms with Crippen LogP contribution in [0.2, 0.25) is 0 Å². The zero-order chi connectivity index (χ0) is 17.8. The molecule has 3 heterocycles. The van der Waals surface area contributed by atoms with E-state index in [1.807, 2.05) is 0 Å². The first-order valence-electron chi connectivity index (χ1n) is 8.61. The van der Waals surface area contributed by atoms with Crippen LogP contribution in [-0.2, 0) is 6.42 Å². The van der Waals surface area contributed by atoms with Gasteiger partial charge in [0.25, 0.3) is 0 Å². The lowest BCUT2D eigenvalue weighted by molar-refractivity contribution is 0.0186. The first kappa shape index (κ1) is 18.0. The average Bonchev–Trinajstić information content (AvgIpc) is 2.66. The third kappa shape index (κ3) is 4.05. The summed E-state index contributed by atoms with van der Waals surface area (Å²) in [4.78, 5) is 10.7. The number of methoxy groups -OCH3 is 1. The van der Waals surface area contributed by atoms with Crippen LogP contribution >= 0.6 is 0 Å². The highest BCUT2D eigenvalue weighted by Crippen LogP contribution is 2.24. The number of rotatable bonds is 6. The van der Waals surface area contributed by atoms with Crippen LogP contribution in [0.4, 0.5) is 4.39 Å². The van der Waals surface area contributed by atoms with Crippen molar-refractivity contribution >= 4 is 11.0 Å². The Labute approximate surface area is 146 Å². The van der Waals surface area contributed by atoms with Crippen molar-refractivity contribution in [2.24, 2.45) is 5.92 Å². The quantitative estimate of drug-likeness (QED) is 0.820. The third-order valence-electron chi connectivity index (χ3n) is 4.99. The first-order valence-corrected chi connectivity index (χ1v) is 8.61. The number of aliphatic hydroxyl groups is 2. The fourth-order valence-electron chi connectivity index (χ4n) is 3.41. The van der Waals surface area contributed by atoms with E-state index >= 15 is 0 Å². The van der Waals surface area contributed by atoms with Gasteiger partial charge < -0.3 is 19.8 Å². The fourth-order valence-corrected chi connectivity index (χ4v) is 3.41. The molecule has 0 aliphatic carbocycles. The van der Waals surface area contributed by atoms with Gasteiger partial charge in [0.05, 0.1) is 37.1 Å². The Hall–Kier alpha value is -1.83. The maximum atomic E-state index is 14.3. The number of hydrogen-bond acceptors (Lipinski definition) is 6. The summed E-state index contributed by atoms with van der Waals surface area (Å²) < 4.78 is 19.4. The maximum absolute atomic E-state index is 14.3. The molecule has 136 valence electrons. The Kier molecular flexibility index (Phi) is 5.78. The van der Waals surface area contributed by atoms with Gasteiger partial charge in [-0.15, -0.1) is 0 Å². The first-order chi connectivity index (χ1) is 12.1. The molecule has 1 atom stereocenters. The number of aromatic nitrogens is 2. The Bertz CT molecular complexity index is 720. The van der Waals surface area contributed by atoms with Gasteiger partial charge in [-0.05, 0) is 44.3 Å². The van der Waals surface area contributed by atoms with Gasteiger partial charge >= 0.3 is 0 Å².